The molecule has 0 spiro atoms. The average Bonchev–Trinajstić information content (AvgIpc) is 2.86. The van der Waals surface area contributed by atoms with Crippen LogP contribution in [0.4, 0.5) is 0 Å². The fraction of sp³-hybridized carbons (Fsp3) is 0.562. The van der Waals surface area contributed by atoms with Gasteiger partial charge in [0, 0.05) is 12.6 Å². The van der Waals surface area contributed by atoms with E-state index in [0.717, 1.165) is 26.0 Å². The van der Waals surface area contributed by atoms with E-state index in [0.29, 0.717) is 19.2 Å². The third kappa shape index (κ3) is 4.94. The van der Waals surface area contributed by atoms with Gasteiger partial charge in [0.2, 0.25) is 5.91 Å². The molecule has 1 aromatic carbocycles. The van der Waals surface area contributed by atoms with E-state index in [-0.39, 0.29) is 5.91 Å². The molecule has 4 heteroatoms. The van der Waals surface area contributed by atoms with Gasteiger partial charge in [0.05, 0.1) is 13.2 Å². The van der Waals surface area contributed by atoms with Crippen molar-refractivity contribution in [2.45, 2.75) is 38.3 Å². The molecule has 1 amide bonds. The molecule has 110 valence electrons. The van der Waals surface area contributed by atoms with Crippen molar-refractivity contribution in [1.82, 2.24) is 4.90 Å². The van der Waals surface area contributed by atoms with E-state index in [1.807, 2.05) is 18.2 Å². The molecule has 2 N–H and O–H groups in total. The van der Waals surface area contributed by atoms with E-state index < -0.39 is 0 Å². The van der Waals surface area contributed by atoms with Gasteiger partial charge in [-0.2, -0.15) is 0 Å². The van der Waals surface area contributed by atoms with Crippen LogP contribution in [0.3, 0.4) is 0 Å². The standard InChI is InChI=1S/C16H24N2O2/c17-16(19)12-18-10-4-8-15(18)9-5-11-20-13-14-6-2-1-3-7-14/h1-3,6-7,15H,4-5,8-13H2,(H2,17,19). The summed E-state index contributed by atoms with van der Waals surface area (Å²) in [5.74, 6) is -0.225. The summed E-state index contributed by atoms with van der Waals surface area (Å²) in [6.45, 7) is 2.85. The van der Waals surface area contributed by atoms with Gasteiger partial charge in [-0.3, -0.25) is 9.69 Å². The van der Waals surface area contributed by atoms with E-state index in [9.17, 15) is 4.79 Å². The topological polar surface area (TPSA) is 55.6 Å². The minimum atomic E-state index is -0.225. The highest BCUT2D eigenvalue weighted by Crippen LogP contribution is 2.20. The number of carbonyl (C=O) groups excluding carboxylic acids is 1. The quantitative estimate of drug-likeness (QED) is 0.738. The molecule has 1 aliphatic rings. The van der Waals surface area contributed by atoms with Crippen LogP contribution in [0.5, 0.6) is 0 Å². The van der Waals surface area contributed by atoms with Crippen LogP contribution in [0.2, 0.25) is 0 Å². The Morgan fingerprint density at radius 3 is 2.90 bits per heavy atom. The van der Waals surface area contributed by atoms with Crippen molar-refractivity contribution < 1.29 is 9.53 Å². The largest absolute Gasteiger partial charge is 0.377 e. The van der Waals surface area contributed by atoms with Gasteiger partial charge in [-0.25, -0.2) is 0 Å². The molecule has 0 saturated carbocycles. The number of hydrogen-bond donors (Lipinski definition) is 1. The zero-order valence-electron chi connectivity index (χ0n) is 12.0. The maximum absolute atomic E-state index is 11.0. The van der Waals surface area contributed by atoms with Crippen molar-refractivity contribution >= 4 is 5.91 Å². The second kappa shape index (κ2) is 8.02. The van der Waals surface area contributed by atoms with Crippen molar-refractivity contribution in [3.8, 4) is 0 Å². The SMILES string of the molecule is NC(=O)CN1CCCC1CCCOCc1ccccc1. The predicted octanol–water partition coefficient (Wildman–Crippen LogP) is 1.93. The minimum absolute atomic E-state index is 0.225. The van der Waals surface area contributed by atoms with Gasteiger partial charge in [0.15, 0.2) is 0 Å². The van der Waals surface area contributed by atoms with Crippen LogP contribution in [0.15, 0.2) is 30.3 Å². The Hall–Kier alpha value is -1.39. The highest BCUT2D eigenvalue weighted by molar-refractivity contribution is 5.76. The molecule has 4 nitrogen and oxygen atoms in total. The number of rotatable bonds is 8. The van der Waals surface area contributed by atoms with Crippen molar-refractivity contribution in [3.05, 3.63) is 35.9 Å². The van der Waals surface area contributed by atoms with Gasteiger partial charge in [0.25, 0.3) is 0 Å². The van der Waals surface area contributed by atoms with Crippen molar-refractivity contribution in [1.29, 1.82) is 0 Å². The molecule has 1 aromatic rings. The molecule has 1 atom stereocenters. The van der Waals surface area contributed by atoms with Crippen LogP contribution in [-0.2, 0) is 16.1 Å². The molecule has 0 aromatic heterocycles. The van der Waals surface area contributed by atoms with Gasteiger partial charge >= 0.3 is 0 Å². The summed E-state index contributed by atoms with van der Waals surface area (Å²) >= 11 is 0. The first-order valence-corrected chi connectivity index (χ1v) is 7.40. The van der Waals surface area contributed by atoms with Crippen LogP contribution < -0.4 is 5.73 Å². The van der Waals surface area contributed by atoms with Gasteiger partial charge in [-0.1, -0.05) is 30.3 Å². The number of nitrogens with zero attached hydrogens (tertiary/aromatic N) is 1. The molecule has 1 heterocycles. The smallest absolute Gasteiger partial charge is 0.231 e. The highest BCUT2D eigenvalue weighted by atomic mass is 16.5. The molecular weight excluding hydrogens is 252 g/mol. The Bertz CT molecular complexity index is 408. The number of carbonyl (C=O) groups is 1. The van der Waals surface area contributed by atoms with Crippen LogP contribution >= 0.6 is 0 Å². The Morgan fingerprint density at radius 2 is 2.15 bits per heavy atom. The number of nitrogens with two attached hydrogens (primary N) is 1. The Labute approximate surface area is 120 Å². The molecule has 20 heavy (non-hydrogen) atoms. The average molecular weight is 276 g/mol. The Kier molecular flexibility index (Phi) is 6.02. The zero-order valence-corrected chi connectivity index (χ0v) is 12.0. The van der Waals surface area contributed by atoms with Crippen molar-refractivity contribution in [2.24, 2.45) is 5.73 Å². The van der Waals surface area contributed by atoms with Crippen molar-refractivity contribution in [3.63, 3.8) is 0 Å². The van der Waals surface area contributed by atoms with E-state index >= 15 is 0 Å². The van der Waals surface area contributed by atoms with Gasteiger partial charge in [-0.15, -0.1) is 0 Å². The summed E-state index contributed by atoms with van der Waals surface area (Å²) in [5.41, 5.74) is 6.48. The third-order valence-electron chi connectivity index (χ3n) is 3.80. The molecular formula is C16H24N2O2. The lowest BCUT2D eigenvalue weighted by Crippen LogP contribution is -2.37. The van der Waals surface area contributed by atoms with Crippen molar-refractivity contribution in [2.75, 3.05) is 19.7 Å². The Balaban J connectivity index is 1.59. The second-order valence-electron chi connectivity index (χ2n) is 5.41. The fourth-order valence-electron chi connectivity index (χ4n) is 2.82. The highest BCUT2D eigenvalue weighted by Gasteiger charge is 2.24. The Morgan fingerprint density at radius 1 is 1.35 bits per heavy atom. The molecule has 0 bridgehead atoms. The normalized spacial score (nSPS) is 19.3. The molecule has 1 saturated heterocycles. The van der Waals surface area contributed by atoms with Crippen LogP contribution in [0.1, 0.15) is 31.2 Å². The number of ether oxygens (including phenoxy) is 1. The molecule has 0 aliphatic carbocycles. The van der Waals surface area contributed by atoms with Crippen LogP contribution in [0, 0.1) is 0 Å². The van der Waals surface area contributed by atoms with E-state index in [1.54, 1.807) is 0 Å². The molecule has 1 unspecified atom stereocenters. The van der Waals surface area contributed by atoms with E-state index in [1.165, 1.54) is 18.4 Å². The summed E-state index contributed by atoms with van der Waals surface area (Å²) in [6, 6.07) is 10.7. The lowest BCUT2D eigenvalue weighted by molar-refractivity contribution is -0.119. The number of amides is 1. The first-order valence-electron chi connectivity index (χ1n) is 7.40. The summed E-state index contributed by atoms with van der Waals surface area (Å²) in [5, 5.41) is 0. The zero-order chi connectivity index (χ0) is 14.2. The number of likely N-dealkylation sites (tertiary alicyclic amines) is 1. The van der Waals surface area contributed by atoms with E-state index in [4.69, 9.17) is 10.5 Å². The van der Waals surface area contributed by atoms with Gasteiger partial charge in [-0.05, 0) is 37.8 Å². The monoisotopic (exact) mass is 276 g/mol. The molecule has 1 aliphatic heterocycles. The second-order valence-corrected chi connectivity index (χ2v) is 5.41. The molecule has 1 fully saturated rings. The number of primary amides is 1. The first kappa shape index (κ1) is 15.0. The summed E-state index contributed by atoms with van der Waals surface area (Å²) in [7, 11) is 0. The minimum Gasteiger partial charge on any atom is -0.377 e. The number of hydrogen-bond acceptors (Lipinski definition) is 3. The number of benzene rings is 1. The van der Waals surface area contributed by atoms with Gasteiger partial charge < -0.3 is 10.5 Å². The summed E-state index contributed by atoms with van der Waals surface area (Å²) in [4.78, 5) is 13.2. The molecule has 2 rings (SSSR count). The van der Waals surface area contributed by atoms with Gasteiger partial charge in [0.1, 0.15) is 0 Å². The fourth-order valence-corrected chi connectivity index (χ4v) is 2.82. The lowest BCUT2D eigenvalue weighted by atomic mass is 10.1. The summed E-state index contributed by atoms with van der Waals surface area (Å²) < 4.78 is 5.69. The van der Waals surface area contributed by atoms with Crippen LogP contribution in [-0.4, -0.2) is 36.5 Å². The summed E-state index contributed by atoms with van der Waals surface area (Å²) in [6.07, 6.45) is 4.46. The third-order valence-corrected chi connectivity index (χ3v) is 3.80. The maximum atomic E-state index is 11.0. The maximum Gasteiger partial charge on any atom is 0.231 e. The van der Waals surface area contributed by atoms with Crippen LogP contribution in [0.25, 0.3) is 0 Å². The predicted molar refractivity (Wildman–Crippen MR) is 79.1 cm³/mol. The molecule has 0 radical (unpaired) electrons. The lowest BCUT2D eigenvalue weighted by Gasteiger charge is -2.22. The first-order chi connectivity index (χ1) is 9.75. The van der Waals surface area contributed by atoms with E-state index in [2.05, 4.69) is 17.0 Å².